The van der Waals surface area contributed by atoms with Gasteiger partial charge in [0.25, 0.3) is 0 Å². The minimum atomic E-state index is -0.890. The summed E-state index contributed by atoms with van der Waals surface area (Å²) >= 11 is 6.85. The van der Waals surface area contributed by atoms with Crippen molar-refractivity contribution in [2.24, 2.45) is 10.9 Å². The highest BCUT2D eigenvalue weighted by atomic mass is 35.5. The second-order valence-corrected chi connectivity index (χ2v) is 12.0. The Balaban J connectivity index is 1.42. The van der Waals surface area contributed by atoms with E-state index >= 15 is 4.39 Å². The largest absolute Gasteiger partial charge is 0.354 e. The third-order valence-corrected chi connectivity index (χ3v) is 8.16. The van der Waals surface area contributed by atoms with Gasteiger partial charge in [-0.25, -0.2) is 14.4 Å². The van der Waals surface area contributed by atoms with Gasteiger partial charge in [-0.15, -0.1) is 11.6 Å². The van der Waals surface area contributed by atoms with Crippen molar-refractivity contribution >= 4 is 40.7 Å². The Bertz CT molecular complexity index is 1290. The standard InChI is InChI=1S/C27H33ClFN5O2/c1-15(35)31-18-7-5-6-16(10-18)25(36)32-22-13-19(27(4,28)14-30-22)17-11-20(29)24-21(12-17)34-23(33-24)8-9-26(34,2)3/h11-14,16,18-19H,5-10H2,1-4H3,(H,31,35)(H,32,36)/t16-,18+,19?,27?/m0/s1. The molecular formula is C27H33ClFN5O2. The van der Waals surface area contributed by atoms with Crippen LogP contribution in [0.3, 0.4) is 0 Å². The molecule has 1 saturated carbocycles. The van der Waals surface area contributed by atoms with Gasteiger partial charge >= 0.3 is 0 Å². The number of aryl methyl sites for hydroxylation is 1. The molecule has 2 amide bonds. The van der Waals surface area contributed by atoms with Crippen LogP contribution in [0.15, 0.2) is 29.0 Å². The van der Waals surface area contributed by atoms with E-state index < -0.39 is 10.8 Å². The fraction of sp³-hybridized carbons (Fsp3) is 0.556. The van der Waals surface area contributed by atoms with Crippen molar-refractivity contribution in [2.45, 2.75) is 88.6 Å². The number of hydrogen-bond donors (Lipinski definition) is 2. The monoisotopic (exact) mass is 513 g/mol. The topological polar surface area (TPSA) is 88.4 Å². The zero-order valence-electron chi connectivity index (χ0n) is 21.2. The van der Waals surface area contributed by atoms with E-state index in [9.17, 15) is 9.59 Å². The molecule has 1 fully saturated rings. The van der Waals surface area contributed by atoms with Crippen molar-refractivity contribution in [1.29, 1.82) is 0 Å². The molecule has 2 unspecified atom stereocenters. The first-order chi connectivity index (χ1) is 16.9. The molecular weight excluding hydrogens is 481 g/mol. The number of carbonyl (C=O) groups is 2. The van der Waals surface area contributed by atoms with Crippen molar-refractivity contribution < 1.29 is 14.0 Å². The quantitative estimate of drug-likeness (QED) is 0.582. The zero-order valence-corrected chi connectivity index (χ0v) is 22.0. The van der Waals surface area contributed by atoms with Gasteiger partial charge in [-0.2, -0.15) is 0 Å². The minimum Gasteiger partial charge on any atom is -0.354 e. The van der Waals surface area contributed by atoms with Gasteiger partial charge < -0.3 is 15.2 Å². The predicted molar refractivity (Wildman–Crippen MR) is 139 cm³/mol. The van der Waals surface area contributed by atoms with Gasteiger partial charge in [0, 0.05) is 43.0 Å². The van der Waals surface area contributed by atoms with Gasteiger partial charge in [0.05, 0.1) is 10.4 Å². The molecule has 0 bridgehead atoms. The van der Waals surface area contributed by atoms with E-state index in [-0.39, 0.29) is 35.1 Å². The van der Waals surface area contributed by atoms with Crippen molar-refractivity contribution in [2.75, 3.05) is 0 Å². The van der Waals surface area contributed by atoms with Crippen LogP contribution in [0.1, 0.15) is 77.1 Å². The number of aromatic nitrogens is 2. The molecule has 2 N–H and O–H groups in total. The summed E-state index contributed by atoms with van der Waals surface area (Å²) in [7, 11) is 0. The first-order valence-corrected chi connectivity index (χ1v) is 13.1. The number of fused-ring (bicyclic) bond motifs is 3. The first-order valence-electron chi connectivity index (χ1n) is 12.7. The maximum atomic E-state index is 15.3. The average Bonchev–Trinajstić information content (AvgIpc) is 3.32. The van der Waals surface area contributed by atoms with Gasteiger partial charge in [0.2, 0.25) is 11.8 Å². The SMILES string of the molecule is CC(=O)N[C@@H]1CCC[C@H](C(=O)NC2=CC(c3cc(F)c4nc5n(c4c3)C(C)(C)CC5)C(C)(Cl)C=N2)C1. The highest BCUT2D eigenvalue weighted by molar-refractivity contribution is 6.33. The molecule has 36 heavy (non-hydrogen) atoms. The van der Waals surface area contributed by atoms with Gasteiger partial charge in [0.15, 0.2) is 5.82 Å². The van der Waals surface area contributed by atoms with Crippen molar-refractivity contribution in [3.8, 4) is 0 Å². The Kier molecular flexibility index (Phi) is 6.22. The molecule has 3 aliphatic rings. The van der Waals surface area contributed by atoms with Crippen LogP contribution in [0, 0.1) is 11.7 Å². The van der Waals surface area contributed by atoms with Crippen LogP contribution in [0.4, 0.5) is 4.39 Å². The number of alkyl halides is 1. The Hall–Kier alpha value is -2.74. The lowest BCUT2D eigenvalue weighted by atomic mass is 9.84. The summed E-state index contributed by atoms with van der Waals surface area (Å²) in [6.45, 7) is 7.62. The summed E-state index contributed by atoms with van der Waals surface area (Å²) in [4.78, 5) is 32.6. The zero-order chi connectivity index (χ0) is 25.8. The molecule has 1 aromatic carbocycles. The van der Waals surface area contributed by atoms with E-state index in [1.54, 1.807) is 6.21 Å². The summed E-state index contributed by atoms with van der Waals surface area (Å²) in [6, 6.07) is 3.48. The van der Waals surface area contributed by atoms with Crippen molar-refractivity contribution in [3.05, 3.63) is 41.2 Å². The molecule has 0 spiro atoms. The number of amides is 2. The van der Waals surface area contributed by atoms with Crippen LogP contribution in [0.25, 0.3) is 11.0 Å². The molecule has 2 aromatic rings. The molecule has 3 heterocycles. The predicted octanol–water partition coefficient (Wildman–Crippen LogP) is 4.67. The molecule has 192 valence electrons. The molecule has 4 atom stereocenters. The number of nitrogens with one attached hydrogen (secondary N) is 2. The molecule has 0 radical (unpaired) electrons. The van der Waals surface area contributed by atoms with Crippen LogP contribution in [-0.4, -0.2) is 38.5 Å². The third-order valence-electron chi connectivity index (χ3n) is 7.82. The fourth-order valence-electron chi connectivity index (χ4n) is 5.97. The number of allylic oxidation sites excluding steroid dienone is 1. The van der Waals surface area contributed by atoms with Crippen LogP contribution in [0.5, 0.6) is 0 Å². The Morgan fingerprint density at radius 1 is 1.22 bits per heavy atom. The second-order valence-electron chi connectivity index (χ2n) is 11.2. The maximum Gasteiger partial charge on any atom is 0.228 e. The summed E-state index contributed by atoms with van der Waals surface area (Å²) in [5.41, 5.74) is 1.72. The van der Waals surface area contributed by atoms with Crippen LogP contribution < -0.4 is 10.6 Å². The average molecular weight is 514 g/mol. The minimum absolute atomic E-state index is 0.00561. The smallest absolute Gasteiger partial charge is 0.228 e. The third kappa shape index (κ3) is 4.56. The van der Waals surface area contributed by atoms with Crippen LogP contribution in [-0.2, 0) is 21.5 Å². The van der Waals surface area contributed by atoms with Crippen LogP contribution in [0.2, 0.25) is 0 Å². The van der Waals surface area contributed by atoms with E-state index in [1.165, 1.54) is 13.0 Å². The Labute approximate surface area is 215 Å². The van der Waals surface area contributed by atoms with E-state index in [0.29, 0.717) is 23.3 Å². The van der Waals surface area contributed by atoms with Gasteiger partial charge in [-0.3, -0.25) is 9.59 Å². The van der Waals surface area contributed by atoms with Gasteiger partial charge in [0.1, 0.15) is 17.2 Å². The van der Waals surface area contributed by atoms with E-state index in [1.807, 2.05) is 19.1 Å². The fourth-order valence-corrected chi connectivity index (χ4v) is 6.20. The van der Waals surface area contributed by atoms with E-state index in [4.69, 9.17) is 11.6 Å². The molecule has 1 aromatic heterocycles. The Morgan fingerprint density at radius 3 is 2.75 bits per heavy atom. The number of nitrogens with zero attached hydrogens (tertiary/aromatic N) is 3. The number of hydrogen-bond acceptors (Lipinski definition) is 4. The number of rotatable bonds is 4. The summed E-state index contributed by atoms with van der Waals surface area (Å²) in [5.74, 6) is 0.117. The summed E-state index contributed by atoms with van der Waals surface area (Å²) in [5, 5.41) is 5.87. The summed E-state index contributed by atoms with van der Waals surface area (Å²) < 4.78 is 17.4. The molecule has 5 rings (SSSR count). The summed E-state index contributed by atoms with van der Waals surface area (Å²) in [6.07, 6.45) is 8.32. The molecule has 9 heteroatoms. The van der Waals surface area contributed by atoms with Crippen LogP contribution >= 0.6 is 11.6 Å². The highest BCUT2D eigenvalue weighted by Gasteiger charge is 2.37. The normalized spacial score (nSPS) is 29.1. The van der Waals surface area contributed by atoms with Gasteiger partial charge in [-0.1, -0.05) is 6.42 Å². The number of carbonyl (C=O) groups excluding carboxylic acids is 2. The first kappa shape index (κ1) is 24.9. The molecule has 2 aliphatic heterocycles. The lowest BCUT2D eigenvalue weighted by Gasteiger charge is -2.32. The molecule has 0 saturated heterocycles. The van der Waals surface area contributed by atoms with Crippen molar-refractivity contribution in [1.82, 2.24) is 20.2 Å². The molecule has 7 nitrogen and oxygen atoms in total. The van der Waals surface area contributed by atoms with Crippen molar-refractivity contribution in [3.63, 3.8) is 0 Å². The highest BCUT2D eigenvalue weighted by Crippen LogP contribution is 2.41. The van der Waals surface area contributed by atoms with Gasteiger partial charge in [-0.05, 0) is 70.2 Å². The number of aliphatic imine (C=N–C) groups is 1. The lowest BCUT2D eigenvalue weighted by Crippen LogP contribution is -2.42. The number of imidazole rings is 1. The second kappa shape index (κ2) is 8.98. The van der Waals surface area contributed by atoms with E-state index in [0.717, 1.165) is 43.4 Å². The van der Waals surface area contributed by atoms with E-state index in [2.05, 4.69) is 39.0 Å². The lowest BCUT2D eigenvalue weighted by molar-refractivity contribution is -0.126. The number of halogens is 2. The Morgan fingerprint density at radius 2 is 2.00 bits per heavy atom. The molecule has 1 aliphatic carbocycles. The maximum absolute atomic E-state index is 15.3. The number of benzene rings is 1.